The molecule has 220 valence electrons. The van der Waals surface area contributed by atoms with Crippen molar-refractivity contribution in [3.05, 3.63) is 29.8 Å². The zero-order valence-corrected chi connectivity index (χ0v) is 24.0. The summed E-state index contributed by atoms with van der Waals surface area (Å²) in [7, 11) is 0. The van der Waals surface area contributed by atoms with E-state index in [4.69, 9.17) is 10.5 Å². The summed E-state index contributed by atoms with van der Waals surface area (Å²) in [5.41, 5.74) is 6.36. The molecule has 1 aromatic carbocycles. The lowest BCUT2D eigenvalue weighted by Crippen LogP contribution is -2.54. The molecule has 1 unspecified atom stereocenters. The number of ether oxygens (including phenoxy) is 1. The molecule has 2 atom stereocenters. The van der Waals surface area contributed by atoms with E-state index in [1.165, 1.54) is 20.3 Å². The first-order valence-corrected chi connectivity index (χ1v) is 13.3. The van der Waals surface area contributed by atoms with E-state index in [2.05, 4.69) is 40.4 Å². The normalized spacial score (nSPS) is 11.8. The zero-order valence-electron chi connectivity index (χ0n) is 24.0. The van der Waals surface area contributed by atoms with Crippen molar-refractivity contribution in [2.24, 2.45) is 11.7 Å². The summed E-state index contributed by atoms with van der Waals surface area (Å²) in [5.74, 6) is -1.40. The average Bonchev–Trinajstić information content (AvgIpc) is 2.85. The van der Waals surface area contributed by atoms with Crippen molar-refractivity contribution in [3.8, 4) is 0 Å². The highest BCUT2D eigenvalue weighted by atomic mass is 16.5. The third kappa shape index (κ3) is 17.5. The monoisotopic (exact) mass is 550 g/mol. The van der Waals surface area contributed by atoms with Gasteiger partial charge in [-0.15, -0.1) is 0 Å². The van der Waals surface area contributed by atoms with E-state index in [1.54, 1.807) is 24.3 Å². The molecule has 12 heteroatoms. The number of hydrogen-bond acceptors (Lipinski definition) is 7. The van der Waals surface area contributed by atoms with Gasteiger partial charge in [0.25, 0.3) is 0 Å². The number of carbonyl (C=O) groups excluding carboxylic acids is 5. The number of rotatable bonds is 15. The number of anilines is 1. The van der Waals surface area contributed by atoms with Crippen molar-refractivity contribution in [1.29, 1.82) is 0 Å². The average molecular weight is 551 g/mol. The van der Waals surface area contributed by atoms with Crippen molar-refractivity contribution in [2.45, 2.75) is 79.5 Å². The predicted molar refractivity (Wildman–Crippen MR) is 151 cm³/mol. The molecule has 39 heavy (non-hydrogen) atoms. The van der Waals surface area contributed by atoms with Gasteiger partial charge in [-0.2, -0.15) is 0 Å². The molecular formula is C27H46N6O6. The maximum atomic E-state index is 13.0. The SMILES string of the molecule is CC(=O)NCCNC(C(=O)N[C@H](CCCNC(N)=O)C(=O)Nc1ccc(COC(C)=O)cc1)C(C)C.CCC. The van der Waals surface area contributed by atoms with Crippen molar-refractivity contribution in [2.75, 3.05) is 25.0 Å². The highest BCUT2D eigenvalue weighted by Gasteiger charge is 2.27. The number of nitrogens with two attached hydrogens (primary N) is 1. The lowest BCUT2D eigenvalue weighted by molar-refractivity contribution is -0.142. The van der Waals surface area contributed by atoms with Gasteiger partial charge in [-0.1, -0.05) is 46.2 Å². The topological polar surface area (TPSA) is 181 Å². The van der Waals surface area contributed by atoms with E-state index in [0.29, 0.717) is 25.2 Å². The molecule has 0 radical (unpaired) electrons. The maximum absolute atomic E-state index is 13.0. The van der Waals surface area contributed by atoms with E-state index < -0.39 is 24.0 Å². The highest BCUT2D eigenvalue weighted by Crippen LogP contribution is 2.12. The van der Waals surface area contributed by atoms with Crippen LogP contribution in [0.2, 0.25) is 0 Å². The molecular weight excluding hydrogens is 504 g/mol. The number of primary amides is 1. The van der Waals surface area contributed by atoms with Gasteiger partial charge in [0.05, 0.1) is 6.04 Å². The minimum atomic E-state index is -0.869. The van der Waals surface area contributed by atoms with Crippen molar-refractivity contribution >= 4 is 35.4 Å². The van der Waals surface area contributed by atoms with Crippen LogP contribution in [-0.4, -0.2) is 61.4 Å². The second kappa shape index (κ2) is 20.3. The third-order valence-electron chi connectivity index (χ3n) is 5.08. The van der Waals surface area contributed by atoms with Crippen LogP contribution in [0.25, 0.3) is 0 Å². The number of carbonyl (C=O) groups is 5. The molecule has 0 saturated heterocycles. The van der Waals surface area contributed by atoms with Gasteiger partial charge in [0, 0.05) is 39.2 Å². The van der Waals surface area contributed by atoms with Crippen LogP contribution in [0.15, 0.2) is 24.3 Å². The summed E-state index contributed by atoms with van der Waals surface area (Å²) in [5, 5.41) is 13.8. The molecule has 0 fully saturated rings. The minimum absolute atomic E-state index is 0.0765. The predicted octanol–water partition coefficient (Wildman–Crippen LogP) is 1.79. The molecule has 0 bridgehead atoms. The zero-order chi connectivity index (χ0) is 29.8. The largest absolute Gasteiger partial charge is 0.461 e. The van der Waals surface area contributed by atoms with Crippen LogP contribution in [0.4, 0.5) is 10.5 Å². The Morgan fingerprint density at radius 3 is 2.03 bits per heavy atom. The highest BCUT2D eigenvalue weighted by molar-refractivity contribution is 5.97. The Morgan fingerprint density at radius 2 is 1.51 bits per heavy atom. The Kier molecular flexibility index (Phi) is 18.4. The summed E-state index contributed by atoms with van der Waals surface area (Å²) >= 11 is 0. The quantitative estimate of drug-likeness (QED) is 0.142. The number of nitrogens with one attached hydrogen (secondary N) is 5. The molecule has 0 aliphatic rings. The van der Waals surface area contributed by atoms with Crippen LogP contribution in [-0.2, 0) is 30.5 Å². The summed E-state index contributed by atoms with van der Waals surface area (Å²) < 4.78 is 4.95. The Morgan fingerprint density at radius 1 is 0.897 bits per heavy atom. The lowest BCUT2D eigenvalue weighted by atomic mass is 10.0. The van der Waals surface area contributed by atoms with E-state index in [0.717, 1.165) is 5.56 Å². The molecule has 0 spiro atoms. The first-order chi connectivity index (χ1) is 18.4. The minimum Gasteiger partial charge on any atom is -0.461 e. The van der Waals surface area contributed by atoms with Crippen molar-refractivity contribution < 1.29 is 28.7 Å². The molecule has 1 rings (SSSR count). The smallest absolute Gasteiger partial charge is 0.312 e. The Hall–Kier alpha value is -3.67. The van der Waals surface area contributed by atoms with Gasteiger partial charge >= 0.3 is 12.0 Å². The molecule has 0 aromatic heterocycles. The summed E-state index contributed by atoms with van der Waals surface area (Å²) in [6.45, 7) is 11.9. The van der Waals surface area contributed by atoms with Gasteiger partial charge in [0.2, 0.25) is 17.7 Å². The van der Waals surface area contributed by atoms with E-state index in [1.807, 2.05) is 13.8 Å². The van der Waals surface area contributed by atoms with Crippen LogP contribution < -0.4 is 32.3 Å². The van der Waals surface area contributed by atoms with Gasteiger partial charge < -0.3 is 37.1 Å². The van der Waals surface area contributed by atoms with Gasteiger partial charge in [0.15, 0.2) is 0 Å². The summed E-state index contributed by atoms with van der Waals surface area (Å²) in [6.07, 6.45) is 1.92. The Labute approximate surface area is 231 Å². The fraction of sp³-hybridized carbons (Fsp3) is 0.593. The van der Waals surface area contributed by atoms with Crippen molar-refractivity contribution in [1.82, 2.24) is 21.3 Å². The Bertz CT molecular complexity index is 907. The number of benzene rings is 1. The molecule has 5 amide bonds. The number of urea groups is 1. The van der Waals surface area contributed by atoms with E-state index in [-0.39, 0.29) is 43.3 Å². The summed E-state index contributed by atoms with van der Waals surface area (Å²) in [6, 6.07) is 4.66. The molecule has 0 heterocycles. The van der Waals surface area contributed by atoms with Crippen LogP contribution in [0.1, 0.15) is 66.4 Å². The number of esters is 1. The standard InChI is InChI=1S/C24H38N6O6.C3H8/c1-15(2)21(27-13-12-26-16(3)31)23(34)30-20(6-5-11-28-24(25)35)22(33)29-19-9-7-18(8-10-19)14-36-17(4)32;1-3-2/h7-10,15,20-21,27H,5-6,11-14H2,1-4H3,(H,26,31)(H,29,33)(H,30,34)(H3,25,28,35);3H2,1-2H3/t20-,21?;/m1./s1. The summed E-state index contributed by atoms with van der Waals surface area (Å²) in [4.78, 5) is 59.0. The van der Waals surface area contributed by atoms with Gasteiger partial charge in [-0.3, -0.25) is 19.2 Å². The molecule has 7 N–H and O–H groups in total. The fourth-order valence-electron chi connectivity index (χ4n) is 3.24. The van der Waals surface area contributed by atoms with Crippen molar-refractivity contribution in [3.63, 3.8) is 0 Å². The van der Waals surface area contributed by atoms with Gasteiger partial charge in [-0.05, 0) is 36.5 Å². The van der Waals surface area contributed by atoms with E-state index >= 15 is 0 Å². The van der Waals surface area contributed by atoms with Gasteiger partial charge in [-0.25, -0.2) is 4.79 Å². The molecule has 0 aliphatic heterocycles. The molecule has 12 nitrogen and oxygen atoms in total. The van der Waals surface area contributed by atoms with E-state index in [9.17, 15) is 24.0 Å². The Balaban J connectivity index is 0.00000458. The van der Waals surface area contributed by atoms with Gasteiger partial charge in [0.1, 0.15) is 12.6 Å². The van der Waals surface area contributed by atoms with Crippen LogP contribution >= 0.6 is 0 Å². The molecule has 1 aromatic rings. The second-order valence-corrected chi connectivity index (χ2v) is 9.33. The number of amides is 5. The van der Waals surface area contributed by atoms with Crippen LogP contribution in [0.5, 0.6) is 0 Å². The fourth-order valence-corrected chi connectivity index (χ4v) is 3.24. The molecule has 0 aliphatic carbocycles. The van der Waals surface area contributed by atoms with Crippen LogP contribution in [0, 0.1) is 5.92 Å². The second-order valence-electron chi connectivity index (χ2n) is 9.33. The first-order valence-electron chi connectivity index (χ1n) is 13.3. The first kappa shape index (κ1) is 35.3. The number of hydrogen-bond donors (Lipinski definition) is 6. The lowest BCUT2D eigenvalue weighted by Gasteiger charge is -2.25. The molecule has 0 saturated carbocycles. The third-order valence-corrected chi connectivity index (χ3v) is 5.08. The van der Waals surface area contributed by atoms with Crippen LogP contribution in [0.3, 0.4) is 0 Å². The maximum Gasteiger partial charge on any atom is 0.312 e.